The number of carbonyl (C=O) groups is 1. The van der Waals surface area contributed by atoms with Gasteiger partial charge in [-0.25, -0.2) is 4.98 Å². The van der Waals surface area contributed by atoms with Gasteiger partial charge in [-0.15, -0.1) is 0 Å². The van der Waals surface area contributed by atoms with Gasteiger partial charge >= 0.3 is 0 Å². The molecule has 0 radical (unpaired) electrons. The lowest BCUT2D eigenvalue weighted by molar-refractivity contribution is -0.127. The summed E-state index contributed by atoms with van der Waals surface area (Å²) < 4.78 is 8.33. The first-order chi connectivity index (χ1) is 17.1. The number of hydrogen-bond acceptors (Lipinski definition) is 3. The maximum absolute atomic E-state index is 12.8. The molecule has 5 rings (SSSR count). The number of nitrogens with zero attached hydrogens (tertiary/aromatic N) is 3. The molecule has 4 aromatic rings. The lowest BCUT2D eigenvalue weighted by Crippen LogP contribution is -2.27. The Morgan fingerprint density at radius 1 is 0.943 bits per heavy atom. The molecular formula is C30H33N3O2. The number of likely N-dealkylation sites (tertiary alicyclic amines) is 1. The van der Waals surface area contributed by atoms with Gasteiger partial charge in [0.15, 0.2) is 0 Å². The number of hydrogen-bond donors (Lipinski definition) is 0. The van der Waals surface area contributed by atoms with Crippen LogP contribution in [0.1, 0.15) is 49.1 Å². The Kier molecular flexibility index (Phi) is 6.84. The van der Waals surface area contributed by atoms with Gasteiger partial charge in [0.05, 0.1) is 17.6 Å². The van der Waals surface area contributed by atoms with Crippen molar-refractivity contribution in [3.8, 4) is 5.75 Å². The fourth-order valence-corrected chi connectivity index (χ4v) is 4.91. The molecular weight excluding hydrogens is 434 g/mol. The highest BCUT2D eigenvalue weighted by Gasteiger charge is 2.33. The minimum atomic E-state index is 0.0935. The molecule has 0 saturated carbocycles. The number of fused-ring (bicyclic) bond motifs is 1. The van der Waals surface area contributed by atoms with Crippen molar-refractivity contribution in [2.45, 2.75) is 45.1 Å². The van der Waals surface area contributed by atoms with Crippen molar-refractivity contribution in [3.63, 3.8) is 0 Å². The van der Waals surface area contributed by atoms with Gasteiger partial charge in [-0.2, -0.15) is 0 Å². The molecule has 0 spiro atoms. The summed E-state index contributed by atoms with van der Waals surface area (Å²) in [4.78, 5) is 19.8. The summed E-state index contributed by atoms with van der Waals surface area (Å²) in [5, 5.41) is 0. The Balaban J connectivity index is 1.29. The van der Waals surface area contributed by atoms with Crippen molar-refractivity contribution < 1.29 is 9.53 Å². The van der Waals surface area contributed by atoms with E-state index < -0.39 is 0 Å². The van der Waals surface area contributed by atoms with Crippen molar-refractivity contribution in [2.75, 3.05) is 19.7 Å². The maximum Gasteiger partial charge on any atom is 0.223 e. The van der Waals surface area contributed by atoms with Crippen LogP contribution in [0.5, 0.6) is 5.75 Å². The summed E-state index contributed by atoms with van der Waals surface area (Å²) in [5.41, 5.74) is 4.63. The van der Waals surface area contributed by atoms with Crippen molar-refractivity contribution in [2.24, 2.45) is 0 Å². The topological polar surface area (TPSA) is 47.4 Å². The number of rotatable bonds is 9. The van der Waals surface area contributed by atoms with E-state index in [9.17, 15) is 4.79 Å². The third-order valence-corrected chi connectivity index (χ3v) is 6.91. The van der Waals surface area contributed by atoms with E-state index in [2.05, 4.69) is 48.7 Å². The molecule has 1 aromatic heterocycles. The van der Waals surface area contributed by atoms with Gasteiger partial charge in [-0.05, 0) is 47.7 Å². The van der Waals surface area contributed by atoms with E-state index in [4.69, 9.17) is 9.72 Å². The molecule has 1 fully saturated rings. The molecule has 3 aromatic carbocycles. The van der Waals surface area contributed by atoms with Gasteiger partial charge in [0.2, 0.25) is 5.91 Å². The number of benzene rings is 3. The van der Waals surface area contributed by atoms with Crippen LogP contribution in [0.4, 0.5) is 0 Å². The van der Waals surface area contributed by atoms with Gasteiger partial charge in [-0.1, -0.05) is 68.4 Å². The molecule has 1 unspecified atom stereocenters. The number of ether oxygens (including phenoxy) is 1. The van der Waals surface area contributed by atoms with E-state index in [1.165, 1.54) is 11.1 Å². The van der Waals surface area contributed by atoms with Gasteiger partial charge in [-0.3, -0.25) is 4.79 Å². The van der Waals surface area contributed by atoms with E-state index in [1.807, 2.05) is 53.4 Å². The molecule has 1 atom stereocenters. The maximum atomic E-state index is 12.8. The van der Waals surface area contributed by atoms with E-state index in [0.717, 1.165) is 35.6 Å². The minimum Gasteiger partial charge on any atom is -0.492 e. The number of carbonyl (C=O) groups excluding carboxylic acids is 1. The molecule has 180 valence electrons. The van der Waals surface area contributed by atoms with Gasteiger partial charge in [0.1, 0.15) is 18.2 Å². The van der Waals surface area contributed by atoms with E-state index in [0.29, 0.717) is 32.0 Å². The number of imidazole rings is 1. The minimum absolute atomic E-state index is 0.0935. The largest absolute Gasteiger partial charge is 0.492 e. The second-order valence-corrected chi connectivity index (χ2v) is 9.66. The zero-order valence-corrected chi connectivity index (χ0v) is 20.6. The van der Waals surface area contributed by atoms with E-state index in [-0.39, 0.29) is 11.8 Å². The van der Waals surface area contributed by atoms with Crippen LogP contribution < -0.4 is 4.74 Å². The zero-order valence-electron chi connectivity index (χ0n) is 20.6. The van der Waals surface area contributed by atoms with Gasteiger partial charge in [0, 0.05) is 25.4 Å². The predicted octanol–water partition coefficient (Wildman–Crippen LogP) is 5.80. The van der Waals surface area contributed by atoms with Gasteiger partial charge < -0.3 is 14.2 Å². The van der Waals surface area contributed by atoms with Crippen molar-refractivity contribution in [3.05, 3.63) is 95.8 Å². The molecule has 1 aliphatic rings. The molecule has 5 nitrogen and oxygen atoms in total. The molecule has 35 heavy (non-hydrogen) atoms. The zero-order chi connectivity index (χ0) is 24.2. The molecule has 0 aliphatic carbocycles. The highest BCUT2D eigenvalue weighted by atomic mass is 16.5. The van der Waals surface area contributed by atoms with Crippen LogP contribution in [0.2, 0.25) is 0 Å². The van der Waals surface area contributed by atoms with Crippen molar-refractivity contribution in [1.29, 1.82) is 0 Å². The lowest BCUT2D eigenvalue weighted by atomic mass is 10.0. The Hall–Kier alpha value is -3.60. The number of para-hydroxylation sites is 2. The van der Waals surface area contributed by atoms with Gasteiger partial charge in [0.25, 0.3) is 0 Å². The molecule has 1 saturated heterocycles. The summed E-state index contributed by atoms with van der Waals surface area (Å²) in [7, 11) is 0. The third-order valence-electron chi connectivity index (χ3n) is 6.91. The number of amides is 1. The molecule has 1 amide bonds. The summed E-state index contributed by atoms with van der Waals surface area (Å²) in [6.45, 7) is 7.08. The van der Waals surface area contributed by atoms with E-state index in [1.54, 1.807) is 0 Å². The fourth-order valence-electron chi connectivity index (χ4n) is 4.91. The van der Waals surface area contributed by atoms with Crippen molar-refractivity contribution >= 4 is 16.9 Å². The molecule has 0 bridgehead atoms. The molecule has 5 heteroatoms. The van der Waals surface area contributed by atoms with Crippen LogP contribution in [-0.2, 0) is 17.8 Å². The highest BCUT2D eigenvalue weighted by Crippen LogP contribution is 2.30. The second-order valence-electron chi connectivity index (χ2n) is 9.66. The van der Waals surface area contributed by atoms with Crippen LogP contribution in [0.25, 0.3) is 11.0 Å². The third kappa shape index (κ3) is 5.24. The first-order valence-corrected chi connectivity index (χ1v) is 12.6. The summed E-state index contributed by atoms with van der Waals surface area (Å²) in [5.74, 6) is 2.68. The number of aromatic nitrogens is 2. The van der Waals surface area contributed by atoms with Crippen LogP contribution >= 0.6 is 0 Å². The van der Waals surface area contributed by atoms with Crippen LogP contribution in [0, 0.1) is 0 Å². The second kappa shape index (κ2) is 10.3. The van der Waals surface area contributed by atoms with E-state index >= 15 is 0 Å². The first-order valence-electron chi connectivity index (χ1n) is 12.6. The molecule has 0 N–H and O–H groups in total. The highest BCUT2D eigenvalue weighted by molar-refractivity contribution is 5.81. The quantitative estimate of drug-likeness (QED) is 0.313. The standard InChI is InChI=1S/C30H33N3O2/c1-22(2)24-12-14-26(15-13-24)35-19-18-33-28-11-7-6-10-27(28)31-30(33)25-20-29(34)32(21-25)17-16-23-8-4-3-5-9-23/h3-15,22,25H,16-21H2,1-2H3. The average molecular weight is 468 g/mol. The summed E-state index contributed by atoms with van der Waals surface area (Å²) in [6.07, 6.45) is 1.38. The Morgan fingerprint density at radius 2 is 1.69 bits per heavy atom. The Morgan fingerprint density at radius 3 is 2.46 bits per heavy atom. The normalized spacial score (nSPS) is 15.9. The Labute approximate surface area is 207 Å². The predicted molar refractivity (Wildman–Crippen MR) is 140 cm³/mol. The summed E-state index contributed by atoms with van der Waals surface area (Å²) >= 11 is 0. The summed E-state index contributed by atoms with van der Waals surface area (Å²) in [6, 6.07) is 26.9. The smallest absolute Gasteiger partial charge is 0.223 e. The van der Waals surface area contributed by atoms with Crippen molar-refractivity contribution in [1.82, 2.24) is 14.5 Å². The monoisotopic (exact) mass is 467 g/mol. The SMILES string of the molecule is CC(C)c1ccc(OCCn2c(C3CC(=O)N(CCc4ccccc4)C3)nc3ccccc32)cc1. The van der Waals surface area contributed by atoms with Crippen LogP contribution in [0.3, 0.4) is 0 Å². The lowest BCUT2D eigenvalue weighted by Gasteiger charge is -2.17. The fraction of sp³-hybridized carbons (Fsp3) is 0.333. The molecule has 2 heterocycles. The van der Waals surface area contributed by atoms with Crippen LogP contribution in [0.15, 0.2) is 78.9 Å². The average Bonchev–Trinajstić information content (AvgIpc) is 3.44. The molecule has 1 aliphatic heterocycles. The Bertz CT molecular complexity index is 1280. The first kappa shape index (κ1) is 23.2. The van der Waals surface area contributed by atoms with Crippen LogP contribution in [-0.4, -0.2) is 40.1 Å².